The van der Waals surface area contributed by atoms with Crippen LogP contribution < -0.4 is 5.32 Å². The average Bonchev–Trinajstić information content (AvgIpc) is 3.12. The quantitative estimate of drug-likeness (QED) is 0.846. The van der Waals surface area contributed by atoms with E-state index in [-0.39, 0.29) is 0 Å². The molecule has 0 aromatic heterocycles. The van der Waals surface area contributed by atoms with Crippen LogP contribution in [0.2, 0.25) is 0 Å². The van der Waals surface area contributed by atoms with Gasteiger partial charge < -0.3 is 5.32 Å². The second kappa shape index (κ2) is 4.84. The first-order chi connectivity index (χ1) is 10.0. The first kappa shape index (κ1) is 13.8. The minimum atomic E-state index is 0.343. The van der Waals surface area contributed by atoms with Crippen molar-refractivity contribution < 1.29 is 0 Å². The third-order valence-corrected chi connectivity index (χ3v) is 6.66. The minimum Gasteiger partial charge on any atom is -0.307 e. The summed E-state index contributed by atoms with van der Waals surface area (Å²) in [5, 5.41) is 4.05. The number of benzene rings is 1. The van der Waals surface area contributed by atoms with E-state index < -0.39 is 0 Å². The van der Waals surface area contributed by atoms with Crippen LogP contribution in [0.5, 0.6) is 0 Å². The Bertz CT molecular complexity index is 532. The largest absolute Gasteiger partial charge is 0.307 e. The van der Waals surface area contributed by atoms with Gasteiger partial charge in [-0.25, -0.2) is 0 Å². The van der Waals surface area contributed by atoms with Gasteiger partial charge in [0, 0.05) is 12.1 Å². The Labute approximate surface area is 129 Å². The molecule has 21 heavy (non-hydrogen) atoms. The van der Waals surface area contributed by atoms with Gasteiger partial charge in [-0.15, -0.1) is 0 Å². The van der Waals surface area contributed by atoms with Gasteiger partial charge in [0.2, 0.25) is 0 Å². The van der Waals surface area contributed by atoms with Gasteiger partial charge in [-0.2, -0.15) is 0 Å². The van der Waals surface area contributed by atoms with E-state index in [4.69, 9.17) is 0 Å². The van der Waals surface area contributed by atoms with Crippen LogP contribution in [-0.4, -0.2) is 6.04 Å². The molecule has 3 aliphatic rings. The molecule has 0 spiro atoms. The van der Waals surface area contributed by atoms with Crippen LogP contribution >= 0.6 is 0 Å². The van der Waals surface area contributed by atoms with Gasteiger partial charge in [-0.1, -0.05) is 44.5 Å². The Hall–Kier alpha value is -0.820. The zero-order valence-electron chi connectivity index (χ0n) is 13.7. The molecule has 4 rings (SSSR count). The Morgan fingerprint density at radius 3 is 2.67 bits per heavy atom. The van der Waals surface area contributed by atoms with Crippen molar-refractivity contribution in [1.29, 1.82) is 0 Å². The summed E-state index contributed by atoms with van der Waals surface area (Å²) >= 11 is 0. The highest BCUT2D eigenvalue weighted by Gasteiger charge is 2.44. The second-order valence-electron chi connectivity index (χ2n) is 8.59. The summed E-state index contributed by atoms with van der Waals surface area (Å²) in [4.78, 5) is 0. The van der Waals surface area contributed by atoms with Crippen LogP contribution in [0.1, 0.15) is 63.6 Å². The smallest absolute Gasteiger partial charge is 0.0379 e. The van der Waals surface area contributed by atoms with Gasteiger partial charge in [0.1, 0.15) is 0 Å². The van der Waals surface area contributed by atoms with Crippen LogP contribution in [0, 0.1) is 23.2 Å². The monoisotopic (exact) mass is 283 g/mol. The van der Waals surface area contributed by atoms with Gasteiger partial charge in [-0.3, -0.25) is 0 Å². The molecule has 2 fully saturated rings. The fourth-order valence-electron chi connectivity index (χ4n) is 5.60. The summed E-state index contributed by atoms with van der Waals surface area (Å²) in [6.07, 6.45) is 7.21. The van der Waals surface area contributed by atoms with E-state index in [1.807, 2.05) is 0 Å². The minimum absolute atomic E-state index is 0.343. The lowest BCUT2D eigenvalue weighted by molar-refractivity contribution is 0.193. The normalized spacial score (nSPS) is 37.7. The molecule has 1 heteroatoms. The number of hydrogen-bond donors (Lipinski definition) is 1. The predicted octanol–water partition coefficient (Wildman–Crippen LogP) is 4.72. The van der Waals surface area contributed by atoms with Crippen molar-refractivity contribution in [3.05, 3.63) is 35.4 Å². The fraction of sp³-hybridized carbons (Fsp3) is 0.700. The van der Waals surface area contributed by atoms with E-state index in [1.165, 1.54) is 32.1 Å². The Morgan fingerprint density at radius 1 is 1.14 bits per heavy atom. The van der Waals surface area contributed by atoms with Crippen molar-refractivity contribution in [2.75, 3.05) is 0 Å². The van der Waals surface area contributed by atoms with E-state index in [0.717, 1.165) is 17.8 Å². The molecule has 5 atom stereocenters. The van der Waals surface area contributed by atoms with E-state index in [9.17, 15) is 0 Å². The molecule has 2 bridgehead atoms. The van der Waals surface area contributed by atoms with Gasteiger partial charge in [0.15, 0.2) is 0 Å². The standard InChI is InChI=1S/C20H29N/c1-13(18-11-14-8-9-15(18)10-14)21-19-17-7-5-4-6-16(17)12-20(19,2)3/h4-7,13-15,18-19,21H,8-12H2,1-3H3. The summed E-state index contributed by atoms with van der Waals surface area (Å²) in [5.74, 6) is 2.98. The van der Waals surface area contributed by atoms with Crippen LogP contribution in [0.15, 0.2) is 24.3 Å². The maximum atomic E-state index is 4.05. The van der Waals surface area contributed by atoms with Crippen LogP contribution in [0.25, 0.3) is 0 Å². The van der Waals surface area contributed by atoms with Crippen LogP contribution in [0.4, 0.5) is 0 Å². The fourth-order valence-corrected chi connectivity index (χ4v) is 5.60. The number of hydrogen-bond acceptors (Lipinski definition) is 1. The SMILES string of the molecule is CC(NC1c2ccccc2CC1(C)C)C1CC2CCC1C2. The molecule has 0 radical (unpaired) electrons. The first-order valence-electron chi connectivity index (χ1n) is 8.88. The van der Waals surface area contributed by atoms with Crippen molar-refractivity contribution in [1.82, 2.24) is 5.32 Å². The maximum Gasteiger partial charge on any atom is 0.0379 e. The Balaban J connectivity index is 1.53. The second-order valence-corrected chi connectivity index (χ2v) is 8.59. The lowest BCUT2D eigenvalue weighted by Crippen LogP contribution is -2.42. The Morgan fingerprint density at radius 2 is 1.95 bits per heavy atom. The molecule has 1 nitrogen and oxygen atoms in total. The van der Waals surface area contributed by atoms with Crippen LogP contribution in [-0.2, 0) is 6.42 Å². The van der Waals surface area contributed by atoms with E-state index in [1.54, 1.807) is 11.1 Å². The summed E-state index contributed by atoms with van der Waals surface area (Å²) < 4.78 is 0. The third kappa shape index (κ3) is 2.25. The molecule has 1 aromatic rings. The predicted molar refractivity (Wildman–Crippen MR) is 88.2 cm³/mol. The van der Waals surface area contributed by atoms with Crippen molar-refractivity contribution in [3.63, 3.8) is 0 Å². The molecule has 0 aliphatic heterocycles. The molecule has 3 aliphatic carbocycles. The molecule has 0 amide bonds. The molecular formula is C20H29N. The number of fused-ring (bicyclic) bond motifs is 3. The maximum absolute atomic E-state index is 4.05. The molecule has 1 N–H and O–H groups in total. The number of rotatable bonds is 3. The molecule has 114 valence electrons. The summed E-state index contributed by atoms with van der Waals surface area (Å²) in [5.41, 5.74) is 3.45. The van der Waals surface area contributed by atoms with E-state index in [2.05, 4.69) is 50.4 Å². The molecule has 5 unspecified atom stereocenters. The summed E-state index contributed by atoms with van der Waals surface area (Å²) in [6.45, 7) is 7.30. The number of nitrogens with one attached hydrogen (secondary N) is 1. The lowest BCUT2D eigenvalue weighted by Gasteiger charge is -2.36. The van der Waals surface area contributed by atoms with Crippen molar-refractivity contribution in [3.8, 4) is 0 Å². The van der Waals surface area contributed by atoms with Gasteiger partial charge >= 0.3 is 0 Å². The average molecular weight is 283 g/mol. The summed E-state index contributed by atoms with van der Waals surface area (Å²) in [6, 6.07) is 10.3. The van der Waals surface area contributed by atoms with Crippen molar-refractivity contribution >= 4 is 0 Å². The molecule has 0 heterocycles. The molecule has 1 aromatic carbocycles. The van der Waals surface area contributed by atoms with E-state index in [0.29, 0.717) is 17.5 Å². The third-order valence-electron chi connectivity index (χ3n) is 6.66. The molecule has 0 saturated heterocycles. The lowest BCUT2D eigenvalue weighted by atomic mass is 9.81. The first-order valence-corrected chi connectivity index (χ1v) is 8.88. The molecular weight excluding hydrogens is 254 g/mol. The van der Waals surface area contributed by atoms with E-state index >= 15 is 0 Å². The van der Waals surface area contributed by atoms with Gasteiger partial charge in [0.25, 0.3) is 0 Å². The highest BCUT2D eigenvalue weighted by Crippen LogP contribution is 2.51. The van der Waals surface area contributed by atoms with Crippen LogP contribution in [0.3, 0.4) is 0 Å². The highest BCUT2D eigenvalue weighted by molar-refractivity contribution is 5.37. The Kier molecular flexibility index (Phi) is 3.19. The van der Waals surface area contributed by atoms with Gasteiger partial charge in [-0.05, 0) is 66.9 Å². The summed E-state index contributed by atoms with van der Waals surface area (Å²) in [7, 11) is 0. The molecule has 2 saturated carbocycles. The highest BCUT2D eigenvalue weighted by atomic mass is 15.0. The zero-order chi connectivity index (χ0) is 14.6. The van der Waals surface area contributed by atoms with Gasteiger partial charge in [0.05, 0.1) is 0 Å². The topological polar surface area (TPSA) is 12.0 Å². The zero-order valence-corrected chi connectivity index (χ0v) is 13.7. The van der Waals surface area contributed by atoms with Crippen molar-refractivity contribution in [2.45, 2.75) is 65.0 Å². The van der Waals surface area contributed by atoms with Crippen molar-refractivity contribution in [2.24, 2.45) is 23.2 Å².